The normalized spacial score (nSPS) is 11.4. The molecule has 0 fully saturated rings. The number of halogens is 3. The predicted molar refractivity (Wildman–Crippen MR) is 92.1 cm³/mol. The van der Waals surface area contributed by atoms with Crippen LogP contribution in [0.1, 0.15) is 16.7 Å². The molecule has 4 nitrogen and oxygen atoms in total. The Hall–Kier alpha value is -3.09. The number of amides is 1. The topological polar surface area (TPSA) is 46.9 Å². The van der Waals surface area contributed by atoms with Crippen LogP contribution in [-0.2, 0) is 17.4 Å². The summed E-state index contributed by atoms with van der Waals surface area (Å²) >= 11 is 0. The molecule has 0 aliphatic heterocycles. The quantitative estimate of drug-likeness (QED) is 0.751. The van der Waals surface area contributed by atoms with Crippen molar-refractivity contribution < 1.29 is 18.0 Å². The van der Waals surface area contributed by atoms with E-state index in [9.17, 15) is 18.0 Å². The number of carbonyl (C=O) groups excluding carboxylic acids is 1. The number of aryl methyl sites for hydroxylation is 1. The van der Waals surface area contributed by atoms with Gasteiger partial charge in [-0.05, 0) is 42.3 Å². The van der Waals surface area contributed by atoms with E-state index in [2.05, 4.69) is 10.4 Å². The first-order chi connectivity index (χ1) is 12.3. The zero-order chi connectivity index (χ0) is 18.7. The van der Waals surface area contributed by atoms with Crippen molar-refractivity contribution in [1.82, 2.24) is 9.78 Å². The third kappa shape index (κ3) is 3.93. The van der Waals surface area contributed by atoms with Crippen LogP contribution in [-0.4, -0.2) is 15.7 Å². The number of aromatic nitrogens is 2. The van der Waals surface area contributed by atoms with Crippen LogP contribution < -0.4 is 5.32 Å². The molecule has 7 heteroatoms. The number of rotatable bonds is 4. The average Bonchev–Trinajstić information content (AvgIpc) is 3.11. The molecule has 1 aromatic heterocycles. The number of hydrogen-bond donors (Lipinski definition) is 1. The van der Waals surface area contributed by atoms with Gasteiger partial charge in [0.2, 0.25) is 5.91 Å². The number of carbonyl (C=O) groups is 1. The van der Waals surface area contributed by atoms with Crippen molar-refractivity contribution in [1.29, 1.82) is 0 Å². The Kier molecular flexibility index (Phi) is 4.79. The summed E-state index contributed by atoms with van der Waals surface area (Å²) < 4.78 is 41.6. The number of hydrogen-bond acceptors (Lipinski definition) is 2. The van der Waals surface area contributed by atoms with E-state index in [1.165, 1.54) is 23.0 Å². The smallest absolute Gasteiger partial charge is 0.325 e. The van der Waals surface area contributed by atoms with Crippen molar-refractivity contribution in [3.63, 3.8) is 0 Å². The van der Waals surface area contributed by atoms with E-state index in [1.54, 1.807) is 24.4 Å². The molecule has 0 radical (unpaired) electrons. The van der Waals surface area contributed by atoms with Gasteiger partial charge in [-0.25, -0.2) is 4.68 Å². The molecule has 0 aliphatic carbocycles. The van der Waals surface area contributed by atoms with Crippen molar-refractivity contribution in [2.75, 3.05) is 5.32 Å². The summed E-state index contributed by atoms with van der Waals surface area (Å²) in [5, 5.41) is 6.30. The van der Waals surface area contributed by atoms with Crippen LogP contribution in [0.3, 0.4) is 0 Å². The largest absolute Gasteiger partial charge is 0.418 e. The summed E-state index contributed by atoms with van der Waals surface area (Å²) in [4.78, 5) is 12.2. The summed E-state index contributed by atoms with van der Waals surface area (Å²) in [6, 6.07) is 12.6. The Morgan fingerprint density at radius 1 is 1.15 bits per heavy atom. The van der Waals surface area contributed by atoms with Crippen LogP contribution in [0.15, 0.2) is 60.9 Å². The van der Waals surface area contributed by atoms with E-state index in [0.717, 1.165) is 17.2 Å². The average molecular weight is 359 g/mol. The molecule has 3 rings (SSSR count). The maximum atomic E-state index is 13.4. The van der Waals surface area contributed by atoms with Crippen LogP contribution in [0, 0.1) is 6.92 Å². The molecule has 1 heterocycles. The summed E-state index contributed by atoms with van der Waals surface area (Å²) in [6.07, 6.45) is -1.57. The highest BCUT2D eigenvalue weighted by atomic mass is 19.4. The molecular weight excluding hydrogens is 343 g/mol. The molecule has 0 aliphatic rings. The first kappa shape index (κ1) is 17.7. The Balaban J connectivity index is 1.87. The molecule has 0 saturated carbocycles. The Bertz CT molecular complexity index is 918. The van der Waals surface area contributed by atoms with E-state index in [4.69, 9.17) is 0 Å². The summed E-state index contributed by atoms with van der Waals surface area (Å²) in [7, 11) is 0. The third-order valence-corrected chi connectivity index (χ3v) is 3.96. The molecule has 1 amide bonds. The molecule has 1 N–H and O–H groups in total. The minimum atomic E-state index is -4.60. The molecule has 0 saturated heterocycles. The van der Waals surface area contributed by atoms with Gasteiger partial charge in [-0.1, -0.05) is 24.3 Å². The van der Waals surface area contributed by atoms with Gasteiger partial charge in [-0.15, -0.1) is 0 Å². The molecule has 0 atom stereocenters. The van der Waals surface area contributed by atoms with Crippen molar-refractivity contribution in [3.8, 4) is 5.69 Å². The molecular formula is C19H16F3N3O. The summed E-state index contributed by atoms with van der Waals surface area (Å²) in [5.74, 6) is -0.503. The lowest BCUT2D eigenvalue weighted by atomic mass is 10.1. The minimum absolute atomic E-state index is 0.00484. The lowest BCUT2D eigenvalue weighted by Gasteiger charge is -2.16. The van der Waals surface area contributed by atoms with Crippen LogP contribution in [0.2, 0.25) is 0 Å². The van der Waals surface area contributed by atoms with Crippen LogP contribution >= 0.6 is 0 Å². The monoisotopic (exact) mass is 359 g/mol. The first-order valence-corrected chi connectivity index (χ1v) is 7.90. The maximum absolute atomic E-state index is 13.4. The van der Waals surface area contributed by atoms with E-state index in [-0.39, 0.29) is 17.8 Å². The number of nitrogens with one attached hydrogen (secondary N) is 1. The second-order valence-corrected chi connectivity index (χ2v) is 5.83. The van der Waals surface area contributed by atoms with Crippen molar-refractivity contribution in [3.05, 3.63) is 77.6 Å². The van der Waals surface area contributed by atoms with E-state index in [1.807, 2.05) is 19.1 Å². The van der Waals surface area contributed by atoms with Crippen LogP contribution in [0.25, 0.3) is 5.69 Å². The third-order valence-electron chi connectivity index (χ3n) is 3.96. The highest BCUT2D eigenvalue weighted by Gasteiger charge is 2.34. The Labute approximate surface area is 148 Å². The second-order valence-electron chi connectivity index (χ2n) is 5.83. The van der Waals surface area contributed by atoms with Gasteiger partial charge in [0.1, 0.15) is 0 Å². The number of nitrogens with zero attached hydrogens (tertiary/aromatic N) is 2. The van der Waals surface area contributed by atoms with E-state index >= 15 is 0 Å². The van der Waals surface area contributed by atoms with Gasteiger partial charge in [-0.3, -0.25) is 4.79 Å². The van der Waals surface area contributed by atoms with Gasteiger partial charge in [-0.2, -0.15) is 18.3 Å². The van der Waals surface area contributed by atoms with Crippen LogP contribution in [0.4, 0.5) is 18.9 Å². The second kappa shape index (κ2) is 7.03. The number of alkyl halides is 3. The lowest BCUT2D eigenvalue weighted by Crippen LogP contribution is -2.19. The number of benzene rings is 2. The van der Waals surface area contributed by atoms with Gasteiger partial charge in [0, 0.05) is 12.4 Å². The van der Waals surface area contributed by atoms with Gasteiger partial charge < -0.3 is 5.32 Å². The van der Waals surface area contributed by atoms with Gasteiger partial charge in [0.25, 0.3) is 0 Å². The number of anilines is 1. The zero-order valence-corrected chi connectivity index (χ0v) is 13.9. The molecule has 0 spiro atoms. The highest BCUT2D eigenvalue weighted by Crippen LogP contribution is 2.36. The fourth-order valence-corrected chi connectivity index (χ4v) is 2.62. The molecule has 134 valence electrons. The summed E-state index contributed by atoms with van der Waals surface area (Å²) in [6.45, 7) is 1.85. The maximum Gasteiger partial charge on any atom is 0.418 e. The van der Waals surface area contributed by atoms with Gasteiger partial charge in [0.05, 0.1) is 23.4 Å². The molecule has 3 aromatic rings. The minimum Gasteiger partial charge on any atom is -0.325 e. The Morgan fingerprint density at radius 2 is 1.92 bits per heavy atom. The first-order valence-electron chi connectivity index (χ1n) is 7.90. The molecule has 2 aromatic carbocycles. The highest BCUT2D eigenvalue weighted by molar-refractivity contribution is 5.93. The predicted octanol–water partition coefficient (Wildman–Crippen LogP) is 4.38. The molecule has 26 heavy (non-hydrogen) atoms. The van der Waals surface area contributed by atoms with E-state index < -0.39 is 17.6 Å². The van der Waals surface area contributed by atoms with Gasteiger partial charge in [0.15, 0.2) is 0 Å². The molecule has 0 unspecified atom stereocenters. The molecule has 0 bridgehead atoms. The van der Waals surface area contributed by atoms with Crippen molar-refractivity contribution >= 4 is 11.6 Å². The van der Waals surface area contributed by atoms with Crippen molar-refractivity contribution in [2.45, 2.75) is 19.5 Å². The fourth-order valence-electron chi connectivity index (χ4n) is 2.62. The van der Waals surface area contributed by atoms with Gasteiger partial charge >= 0.3 is 6.18 Å². The standard InChI is InChI=1S/C19H16F3N3O/c1-13-5-2-3-6-14(13)11-18(26)24-17-8-7-15(25-10-4-9-23-25)12-16(17)19(20,21)22/h2-10,12H,11H2,1H3,(H,24,26). The Morgan fingerprint density at radius 3 is 2.58 bits per heavy atom. The van der Waals surface area contributed by atoms with E-state index in [0.29, 0.717) is 0 Å². The van der Waals surface area contributed by atoms with Crippen molar-refractivity contribution in [2.24, 2.45) is 0 Å². The lowest BCUT2D eigenvalue weighted by molar-refractivity contribution is -0.137. The SMILES string of the molecule is Cc1ccccc1CC(=O)Nc1ccc(-n2cccn2)cc1C(F)(F)F. The summed E-state index contributed by atoms with van der Waals surface area (Å²) in [5.41, 5.74) is 0.759. The zero-order valence-electron chi connectivity index (χ0n) is 13.9. The fraction of sp³-hybridized carbons (Fsp3) is 0.158. The van der Waals surface area contributed by atoms with Crippen LogP contribution in [0.5, 0.6) is 0 Å².